The smallest absolute Gasteiger partial charge is 0.186 e. The summed E-state index contributed by atoms with van der Waals surface area (Å²) in [4.78, 5) is 3.55. The number of hydrogen-bond acceptors (Lipinski definition) is 1. The van der Waals surface area contributed by atoms with Crippen LogP contribution in [0.3, 0.4) is 0 Å². The average Bonchev–Trinajstić information content (AvgIpc) is 2.11. The highest BCUT2D eigenvalue weighted by Crippen LogP contribution is 2.16. The summed E-state index contributed by atoms with van der Waals surface area (Å²) in [7, 11) is 0. The fourth-order valence-electron chi connectivity index (χ4n) is 1.03. The molecule has 0 unspecified atom stereocenters. The summed E-state index contributed by atoms with van der Waals surface area (Å²) < 4.78 is 26.4. The summed E-state index contributed by atoms with van der Waals surface area (Å²) in [5, 5.41) is 0. The lowest BCUT2D eigenvalue weighted by molar-refractivity contribution is 0.551. The predicted molar refractivity (Wildman–Crippen MR) is 57.9 cm³/mol. The topological polar surface area (TPSA) is 64.4 Å². The zero-order valence-corrected chi connectivity index (χ0v) is 8.94. The van der Waals surface area contributed by atoms with Gasteiger partial charge < -0.3 is 11.5 Å². The van der Waals surface area contributed by atoms with E-state index >= 15 is 0 Å². The molecule has 0 spiro atoms. The van der Waals surface area contributed by atoms with Gasteiger partial charge in [0.05, 0.1) is 6.54 Å². The third kappa shape index (κ3) is 3.36. The molecule has 15 heavy (non-hydrogen) atoms. The molecular weight excluding hydrogens is 224 g/mol. The van der Waals surface area contributed by atoms with E-state index < -0.39 is 11.6 Å². The second-order valence-corrected chi connectivity index (χ2v) is 2.90. The van der Waals surface area contributed by atoms with E-state index in [1.165, 1.54) is 12.1 Å². The van der Waals surface area contributed by atoms with E-state index in [4.69, 9.17) is 11.5 Å². The van der Waals surface area contributed by atoms with Gasteiger partial charge in [0.1, 0.15) is 11.6 Å². The molecule has 0 aromatic heterocycles. The molecule has 0 fully saturated rings. The van der Waals surface area contributed by atoms with Gasteiger partial charge in [-0.05, 0) is 18.6 Å². The Balaban J connectivity index is 0.00000196. The van der Waals surface area contributed by atoms with Gasteiger partial charge in [0, 0.05) is 5.56 Å². The van der Waals surface area contributed by atoms with Gasteiger partial charge in [-0.25, -0.2) is 13.8 Å². The van der Waals surface area contributed by atoms with E-state index in [2.05, 4.69) is 4.99 Å². The first-order valence-electron chi connectivity index (χ1n) is 4.01. The van der Waals surface area contributed by atoms with Crippen LogP contribution in [0.15, 0.2) is 17.1 Å². The standard InChI is InChI=1S/C9H11F2N3.ClH/c1-5-2-3-7(10)6(8(5)11)4-14-9(12)13;/h2-3H,4H2,1H3,(H4,12,13,14);1H. The molecule has 3 nitrogen and oxygen atoms in total. The first-order chi connectivity index (χ1) is 6.52. The van der Waals surface area contributed by atoms with Crippen LogP contribution in [0.5, 0.6) is 0 Å². The number of nitrogens with zero attached hydrogens (tertiary/aromatic N) is 1. The monoisotopic (exact) mass is 235 g/mol. The number of hydrogen-bond donors (Lipinski definition) is 2. The van der Waals surface area contributed by atoms with Crippen LogP contribution in [-0.2, 0) is 6.54 Å². The molecule has 6 heteroatoms. The first kappa shape index (κ1) is 13.6. The minimum atomic E-state index is -0.641. The van der Waals surface area contributed by atoms with Crippen LogP contribution in [0.25, 0.3) is 0 Å². The Morgan fingerprint density at radius 3 is 2.47 bits per heavy atom. The van der Waals surface area contributed by atoms with E-state index in [9.17, 15) is 8.78 Å². The van der Waals surface area contributed by atoms with Gasteiger partial charge in [0.2, 0.25) is 0 Å². The molecule has 0 amide bonds. The van der Waals surface area contributed by atoms with Crippen molar-refractivity contribution in [2.75, 3.05) is 0 Å². The summed E-state index contributed by atoms with van der Waals surface area (Å²) in [6.07, 6.45) is 0. The zero-order valence-electron chi connectivity index (χ0n) is 8.13. The molecule has 0 aliphatic carbocycles. The lowest BCUT2D eigenvalue weighted by Crippen LogP contribution is -2.22. The molecule has 4 N–H and O–H groups in total. The molecule has 84 valence electrons. The van der Waals surface area contributed by atoms with E-state index in [1.807, 2.05) is 0 Å². The molecule has 1 rings (SSSR count). The first-order valence-corrected chi connectivity index (χ1v) is 4.01. The summed E-state index contributed by atoms with van der Waals surface area (Å²) >= 11 is 0. The molecule has 1 aromatic rings. The maximum absolute atomic E-state index is 13.3. The van der Waals surface area contributed by atoms with Crippen LogP contribution in [-0.4, -0.2) is 5.96 Å². The molecule has 0 saturated heterocycles. The van der Waals surface area contributed by atoms with Crippen molar-refractivity contribution >= 4 is 18.4 Å². The van der Waals surface area contributed by atoms with Crippen molar-refractivity contribution in [3.63, 3.8) is 0 Å². The normalized spacial score (nSPS) is 9.27. The Kier molecular flexibility index (Phi) is 5.00. The number of nitrogens with two attached hydrogens (primary N) is 2. The third-order valence-corrected chi connectivity index (χ3v) is 1.80. The Morgan fingerprint density at radius 2 is 1.93 bits per heavy atom. The fraction of sp³-hybridized carbons (Fsp3) is 0.222. The number of halogens is 3. The average molecular weight is 236 g/mol. The molecule has 0 aliphatic rings. The number of benzene rings is 1. The molecule has 0 heterocycles. The quantitative estimate of drug-likeness (QED) is 0.602. The van der Waals surface area contributed by atoms with Crippen molar-refractivity contribution in [2.24, 2.45) is 16.5 Å². The lowest BCUT2D eigenvalue weighted by atomic mass is 10.1. The van der Waals surface area contributed by atoms with E-state index in [0.29, 0.717) is 5.56 Å². The van der Waals surface area contributed by atoms with Gasteiger partial charge in [0.15, 0.2) is 5.96 Å². The maximum Gasteiger partial charge on any atom is 0.186 e. The van der Waals surface area contributed by atoms with Crippen LogP contribution in [0.2, 0.25) is 0 Å². The van der Waals surface area contributed by atoms with Gasteiger partial charge in [-0.1, -0.05) is 6.07 Å². The molecule has 0 atom stereocenters. The zero-order chi connectivity index (χ0) is 10.7. The predicted octanol–water partition coefficient (Wildman–Crippen LogP) is 1.47. The summed E-state index contributed by atoms with van der Waals surface area (Å²) in [5.74, 6) is -1.43. The van der Waals surface area contributed by atoms with Crippen molar-refractivity contribution in [1.29, 1.82) is 0 Å². The molecule has 0 saturated carbocycles. The highest BCUT2D eigenvalue weighted by molar-refractivity contribution is 5.85. The molecular formula is C9H12ClF2N3. The number of aryl methyl sites for hydroxylation is 1. The maximum atomic E-state index is 13.3. The van der Waals surface area contributed by atoms with Gasteiger partial charge in [-0.2, -0.15) is 0 Å². The summed E-state index contributed by atoms with van der Waals surface area (Å²) in [6.45, 7) is 1.37. The van der Waals surface area contributed by atoms with E-state index in [0.717, 1.165) is 0 Å². The third-order valence-electron chi connectivity index (χ3n) is 1.80. The second kappa shape index (κ2) is 5.50. The van der Waals surface area contributed by atoms with Gasteiger partial charge in [-0.15, -0.1) is 12.4 Å². The minimum absolute atomic E-state index is 0. The molecule has 1 aromatic carbocycles. The van der Waals surface area contributed by atoms with Crippen molar-refractivity contribution in [2.45, 2.75) is 13.5 Å². The van der Waals surface area contributed by atoms with E-state index in [-0.39, 0.29) is 30.5 Å². The fourth-order valence-corrected chi connectivity index (χ4v) is 1.03. The second-order valence-electron chi connectivity index (χ2n) is 2.90. The van der Waals surface area contributed by atoms with Crippen LogP contribution >= 0.6 is 12.4 Å². The minimum Gasteiger partial charge on any atom is -0.370 e. The lowest BCUT2D eigenvalue weighted by Gasteiger charge is -2.04. The number of guanidine groups is 1. The van der Waals surface area contributed by atoms with Crippen LogP contribution in [0.1, 0.15) is 11.1 Å². The van der Waals surface area contributed by atoms with Crippen LogP contribution < -0.4 is 11.5 Å². The molecule has 0 radical (unpaired) electrons. The Morgan fingerprint density at radius 1 is 1.33 bits per heavy atom. The van der Waals surface area contributed by atoms with Crippen molar-refractivity contribution in [3.05, 3.63) is 34.9 Å². The van der Waals surface area contributed by atoms with Gasteiger partial charge >= 0.3 is 0 Å². The number of rotatable bonds is 2. The van der Waals surface area contributed by atoms with Crippen molar-refractivity contribution in [3.8, 4) is 0 Å². The van der Waals surface area contributed by atoms with Crippen molar-refractivity contribution in [1.82, 2.24) is 0 Å². The largest absolute Gasteiger partial charge is 0.370 e. The van der Waals surface area contributed by atoms with Gasteiger partial charge in [-0.3, -0.25) is 0 Å². The Hall–Kier alpha value is -1.36. The summed E-state index contributed by atoms with van der Waals surface area (Å²) in [6, 6.07) is 2.56. The van der Waals surface area contributed by atoms with Crippen LogP contribution in [0, 0.1) is 18.6 Å². The highest BCUT2D eigenvalue weighted by Gasteiger charge is 2.10. The molecule has 0 bridgehead atoms. The summed E-state index contributed by atoms with van der Waals surface area (Å²) in [5.41, 5.74) is 10.4. The van der Waals surface area contributed by atoms with E-state index in [1.54, 1.807) is 6.92 Å². The Bertz CT molecular complexity index is 376. The Labute approximate surface area is 92.6 Å². The van der Waals surface area contributed by atoms with Crippen LogP contribution in [0.4, 0.5) is 8.78 Å². The van der Waals surface area contributed by atoms with Gasteiger partial charge in [0.25, 0.3) is 0 Å². The highest BCUT2D eigenvalue weighted by atomic mass is 35.5. The molecule has 0 aliphatic heterocycles. The SMILES string of the molecule is Cc1ccc(F)c(CN=C(N)N)c1F.Cl. The van der Waals surface area contributed by atoms with Crippen molar-refractivity contribution < 1.29 is 8.78 Å². The number of aliphatic imine (C=N–C) groups is 1.